The molecular formula is C17H14N2. The Bertz CT molecular complexity index is 652. The standard InChI is InChI=1S/C17H14N2/c1-2-10-16(11-3-1)18-19-17-12-6-9-15(13-17)14-7-4-5-8-14/h1-7,9-13H,8H2. The van der Waals surface area contributed by atoms with E-state index < -0.39 is 0 Å². The molecule has 0 amide bonds. The van der Waals surface area contributed by atoms with E-state index in [1.165, 1.54) is 11.1 Å². The second-order valence-corrected chi connectivity index (χ2v) is 4.41. The van der Waals surface area contributed by atoms with E-state index >= 15 is 0 Å². The van der Waals surface area contributed by atoms with Crippen LogP contribution < -0.4 is 0 Å². The van der Waals surface area contributed by atoms with Crippen molar-refractivity contribution >= 4 is 16.9 Å². The second-order valence-electron chi connectivity index (χ2n) is 4.41. The molecule has 0 spiro atoms. The molecule has 0 unspecified atom stereocenters. The first-order chi connectivity index (χ1) is 9.42. The summed E-state index contributed by atoms with van der Waals surface area (Å²) in [5.74, 6) is 0. The quantitative estimate of drug-likeness (QED) is 0.644. The number of hydrogen-bond donors (Lipinski definition) is 0. The van der Waals surface area contributed by atoms with E-state index in [9.17, 15) is 0 Å². The summed E-state index contributed by atoms with van der Waals surface area (Å²) in [6.07, 6.45) is 7.40. The Balaban J connectivity index is 1.82. The van der Waals surface area contributed by atoms with Gasteiger partial charge in [0, 0.05) is 0 Å². The van der Waals surface area contributed by atoms with Gasteiger partial charge in [0.05, 0.1) is 11.4 Å². The average Bonchev–Trinajstić information content (AvgIpc) is 3.01. The molecule has 0 atom stereocenters. The lowest BCUT2D eigenvalue weighted by Crippen LogP contribution is -1.79. The van der Waals surface area contributed by atoms with Crippen molar-refractivity contribution in [1.82, 2.24) is 0 Å². The van der Waals surface area contributed by atoms with E-state index in [1.54, 1.807) is 0 Å². The highest BCUT2D eigenvalue weighted by molar-refractivity contribution is 5.72. The second kappa shape index (κ2) is 5.44. The summed E-state index contributed by atoms with van der Waals surface area (Å²) in [5, 5.41) is 8.52. The van der Waals surface area contributed by atoms with Gasteiger partial charge in [0.1, 0.15) is 0 Å². The Kier molecular flexibility index (Phi) is 3.32. The fraction of sp³-hybridized carbons (Fsp3) is 0.0588. The molecular weight excluding hydrogens is 232 g/mol. The maximum Gasteiger partial charge on any atom is 0.0863 e. The Morgan fingerprint density at radius 2 is 1.58 bits per heavy atom. The van der Waals surface area contributed by atoms with Crippen molar-refractivity contribution < 1.29 is 0 Å². The normalized spacial score (nSPS) is 14.0. The van der Waals surface area contributed by atoms with Gasteiger partial charge >= 0.3 is 0 Å². The van der Waals surface area contributed by atoms with E-state index in [0.29, 0.717) is 0 Å². The smallest absolute Gasteiger partial charge is 0.0863 e. The largest absolute Gasteiger partial charge is 0.151 e. The van der Waals surface area contributed by atoms with Gasteiger partial charge in [-0.05, 0) is 41.8 Å². The molecule has 92 valence electrons. The van der Waals surface area contributed by atoms with Crippen LogP contribution in [0.4, 0.5) is 11.4 Å². The van der Waals surface area contributed by atoms with Crippen LogP contribution in [0.5, 0.6) is 0 Å². The van der Waals surface area contributed by atoms with Crippen molar-refractivity contribution in [1.29, 1.82) is 0 Å². The predicted molar refractivity (Wildman–Crippen MR) is 78.8 cm³/mol. The lowest BCUT2D eigenvalue weighted by atomic mass is 10.1. The Labute approximate surface area is 112 Å². The minimum absolute atomic E-state index is 0.870. The maximum atomic E-state index is 4.29. The molecule has 0 radical (unpaired) electrons. The summed E-state index contributed by atoms with van der Waals surface area (Å²) >= 11 is 0. The Hall–Kier alpha value is -2.48. The zero-order valence-corrected chi connectivity index (χ0v) is 10.5. The zero-order chi connectivity index (χ0) is 12.9. The van der Waals surface area contributed by atoms with E-state index in [0.717, 1.165) is 17.8 Å². The van der Waals surface area contributed by atoms with Gasteiger partial charge in [-0.2, -0.15) is 10.2 Å². The van der Waals surface area contributed by atoms with Crippen LogP contribution >= 0.6 is 0 Å². The molecule has 0 heterocycles. The van der Waals surface area contributed by atoms with Crippen molar-refractivity contribution in [3.05, 3.63) is 78.4 Å². The highest BCUT2D eigenvalue weighted by Gasteiger charge is 2.03. The number of allylic oxidation sites excluding steroid dienone is 4. The summed E-state index contributed by atoms with van der Waals surface area (Å²) in [4.78, 5) is 0. The first-order valence-electron chi connectivity index (χ1n) is 6.35. The summed E-state index contributed by atoms with van der Waals surface area (Å²) < 4.78 is 0. The van der Waals surface area contributed by atoms with Gasteiger partial charge in [-0.3, -0.25) is 0 Å². The molecule has 0 saturated heterocycles. The molecule has 2 nitrogen and oxygen atoms in total. The minimum atomic E-state index is 0.870. The van der Waals surface area contributed by atoms with Gasteiger partial charge < -0.3 is 0 Å². The van der Waals surface area contributed by atoms with E-state index in [2.05, 4.69) is 40.6 Å². The van der Waals surface area contributed by atoms with Crippen molar-refractivity contribution in [2.45, 2.75) is 6.42 Å². The van der Waals surface area contributed by atoms with Crippen LogP contribution in [0.15, 0.2) is 83.1 Å². The number of nitrogens with zero attached hydrogens (tertiary/aromatic N) is 2. The molecule has 3 rings (SSSR count). The third kappa shape index (κ3) is 2.86. The van der Waals surface area contributed by atoms with Crippen LogP contribution in [-0.2, 0) is 0 Å². The molecule has 0 aliphatic heterocycles. The summed E-state index contributed by atoms with van der Waals surface area (Å²) in [6, 6.07) is 17.9. The molecule has 0 bridgehead atoms. The summed E-state index contributed by atoms with van der Waals surface area (Å²) in [7, 11) is 0. The molecule has 1 aliphatic carbocycles. The fourth-order valence-corrected chi connectivity index (χ4v) is 2.04. The number of hydrogen-bond acceptors (Lipinski definition) is 2. The average molecular weight is 246 g/mol. The van der Waals surface area contributed by atoms with Crippen LogP contribution in [0.3, 0.4) is 0 Å². The van der Waals surface area contributed by atoms with Crippen LogP contribution in [0.2, 0.25) is 0 Å². The predicted octanol–water partition coefficient (Wildman–Crippen LogP) is 5.45. The van der Waals surface area contributed by atoms with Gasteiger partial charge in [-0.25, -0.2) is 0 Å². The summed E-state index contributed by atoms with van der Waals surface area (Å²) in [6.45, 7) is 0. The summed E-state index contributed by atoms with van der Waals surface area (Å²) in [5.41, 5.74) is 4.30. The van der Waals surface area contributed by atoms with Crippen molar-refractivity contribution in [2.24, 2.45) is 10.2 Å². The molecule has 1 aliphatic rings. The fourth-order valence-electron chi connectivity index (χ4n) is 2.04. The first-order valence-corrected chi connectivity index (χ1v) is 6.35. The van der Waals surface area contributed by atoms with Crippen LogP contribution in [-0.4, -0.2) is 0 Å². The lowest BCUT2D eigenvalue weighted by molar-refractivity contribution is 1.23. The van der Waals surface area contributed by atoms with Gasteiger partial charge in [0.2, 0.25) is 0 Å². The molecule has 0 aromatic heterocycles. The topological polar surface area (TPSA) is 24.7 Å². The molecule has 0 N–H and O–H groups in total. The molecule has 0 saturated carbocycles. The monoisotopic (exact) mass is 246 g/mol. The number of azo groups is 1. The van der Waals surface area contributed by atoms with E-state index in [1.807, 2.05) is 42.5 Å². The molecule has 2 heteroatoms. The lowest BCUT2D eigenvalue weighted by Gasteiger charge is -2.02. The van der Waals surface area contributed by atoms with Crippen LogP contribution in [0.25, 0.3) is 5.57 Å². The highest BCUT2D eigenvalue weighted by atomic mass is 15.1. The van der Waals surface area contributed by atoms with Crippen molar-refractivity contribution in [2.75, 3.05) is 0 Å². The number of benzene rings is 2. The Morgan fingerprint density at radius 3 is 2.37 bits per heavy atom. The third-order valence-corrected chi connectivity index (χ3v) is 3.03. The van der Waals surface area contributed by atoms with Crippen LogP contribution in [0.1, 0.15) is 12.0 Å². The molecule has 2 aromatic rings. The minimum Gasteiger partial charge on any atom is -0.151 e. The van der Waals surface area contributed by atoms with E-state index in [-0.39, 0.29) is 0 Å². The number of rotatable bonds is 3. The molecule has 0 fully saturated rings. The SMILES string of the molecule is C1=CCC(c2cccc(N=Nc3ccccc3)c2)=C1. The zero-order valence-electron chi connectivity index (χ0n) is 10.5. The molecule has 2 aromatic carbocycles. The molecule has 19 heavy (non-hydrogen) atoms. The van der Waals surface area contributed by atoms with Crippen molar-refractivity contribution in [3.63, 3.8) is 0 Å². The van der Waals surface area contributed by atoms with Crippen LogP contribution in [0, 0.1) is 0 Å². The van der Waals surface area contributed by atoms with Gasteiger partial charge in [0.25, 0.3) is 0 Å². The Morgan fingerprint density at radius 1 is 0.789 bits per heavy atom. The van der Waals surface area contributed by atoms with Gasteiger partial charge in [-0.15, -0.1) is 0 Å². The highest BCUT2D eigenvalue weighted by Crippen LogP contribution is 2.27. The van der Waals surface area contributed by atoms with Crippen molar-refractivity contribution in [3.8, 4) is 0 Å². The maximum absolute atomic E-state index is 4.29. The van der Waals surface area contributed by atoms with Gasteiger partial charge in [-0.1, -0.05) is 48.6 Å². The first kappa shape index (κ1) is 11.6. The van der Waals surface area contributed by atoms with E-state index in [4.69, 9.17) is 0 Å². The third-order valence-electron chi connectivity index (χ3n) is 3.03. The van der Waals surface area contributed by atoms with Gasteiger partial charge in [0.15, 0.2) is 0 Å².